The van der Waals surface area contributed by atoms with Crippen LogP contribution in [0.2, 0.25) is 0 Å². The van der Waals surface area contributed by atoms with E-state index in [1.54, 1.807) is 4.90 Å². The molecule has 0 saturated heterocycles. The summed E-state index contributed by atoms with van der Waals surface area (Å²) in [5.74, 6) is 1.55. The number of oxazole rings is 1. The number of amides is 2. The van der Waals surface area contributed by atoms with Gasteiger partial charge in [0.1, 0.15) is 11.5 Å². The minimum absolute atomic E-state index is 0.0354. The molecule has 2 heterocycles. The van der Waals surface area contributed by atoms with Crippen molar-refractivity contribution in [3.63, 3.8) is 0 Å². The first-order valence-corrected chi connectivity index (χ1v) is 8.65. The Morgan fingerprint density at radius 1 is 1.24 bits per heavy atom. The predicted octanol–water partition coefficient (Wildman–Crippen LogP) is 1.87. The number of aryl methyl sites for hydroxylation is 2. The van der Waals surface area contributed by atoms with Crippen LogP contribution in [0.4, 0.5) is 0 Å². The van der Waals surface area contributed by atoms with Crippen molar-refractivity contribution in [3.05, 3.63) is 53.2 Å². The second-order valence-electron chi connectivity index (χ2n) is 6.26. The van der Waals surface area contributed by atoms with Crippen LogP contribution < -0.4 is 5.32 Å². The maximum Gasteiger partial charge on any atom is 0.224 e. The third-order valence-electron chi connectivity index (χ3n) is 4.31. The van der Waals surface area contributed by atoms with Crippen molar-refractivity contribution in [2.45, 2.75) is 39.2 Å². The highest BCUT2D eigenvalue weighted by molar-refractivity contribution is 5.78. The molecule has 0 unspecified atom stereocenters. The molecule has 6 heteroatoms. The van der Waals surface area contributed by atoms with Crippen LogP contribution in [-0.2, 0) is 35.4 Å². The van der Waals surface area contributed by atoms with Crippen molar-refractivity contribution >= 4 is 11.8 Å². The van der Waals surface area contributed by atoms with Crippen LogP contribution in [0.5, 0.6) is 0 Å². The maximum atomic E-state index is 12.2. The van der Waals surface area contributed by atoms with Gasteiger partial charge >= 0.3 is 0 Å². The van der Waals surface area contributed by atoms with Gasteiger partial charge in [0.15, 0.2) is 5.89 Å². The van der Waals surface area contributed by atoms with E-state index in [-0.39, 0.29) is 11.8 Å². The van der Waals surface area contributed by atoms with Crippen LogP contribution in [0.3, 0.4) is 0 Å². The molecular formula is C19H23N3O3. The second-order valence-corrected chi connectivity index (χ2v) is 6.26. The first-order valence-electron chi connectivity index (χ1n) is 8.65. The number of rotatable bonds is 6. The van der Waals surface area contributed by atoms with E-state index in [1.807, 2.05) is 18.2 Å². The fraction of sp³-hybridized carbons (Fsp3) is 0.421. The average Bonchev–Trinajstić information content (AvgIpc) is 3.02. The molecular weight excluding hydrogens is 318 g/mol. The van der Waals surface area contributed by atoms with E-state index in [2.05, 4.69) is 22.4 Å². The highest BCUT2D eigenvalue weighted by Crippen LogP contribution is 2.21. The van der Waals surface area contributed by atoms with Gasteiger partial charge in [-0.15, -0.1) is 0 Å². The fourth-order valence-corrected chi connectivity index (χ4v) is 2.97. The molecule has 3 rings (SSSR count). The molecule has 2 aromatic rings. The molecule has 0 atom stereocenters. The monoisotopic (exact) mass is 341 g/mol. The van der Waals surface area contributed by atoms with E-state index >= 15 is 0 Å². The van der Waals surface area contributed by atoms with Crippen molar-refractivity contribution in [2.75, 3.05) is 13.1 Å². The lowest BCUT2D eigenvalue weighted by atomic mass is 10.1. The largest absolute Gasteiger partial charge is 0.445 e. The maximum absolute atomic E-state index is 12.2. The van der Waals surface area contributed by atoms with Gasteiger partial charge in [-0.1, -0.05) is 30.3 Å². The third-order valence-corrected chi connectivity index (χ3v) is 4.31. The van der Waals surface area contributed by atoms with Crippen LogP contribution in [0.15, 0.2) is 34.7 Å². The lowest BCUT2D eigenvalue weighted by Crippen LogP contribution is -2.37. The number of benzene rings is 1. The van der Waals surface area contributed by atoms with E-state index in [9.17, 15) is 9.59 Å². The third kappa shape index (κ3) is 4.68. The second kappa shape index (κ2) is 7.96. The van der Waals surface area contributed by atoms with Crippen LogP contribution >= 0.6 is 0 Å². The Kier molecular flexibility index (Phi) is 5.48. The van der Waals surface area contributed by atoms with Crippen LogP contribution in [-0.4, -0.2) is 34.8 Å². The van der Waals surface area contributed by atoms with Gasteiger partial charge in [-0.25, -0.2) is 4.98 Å². The molecule has 1 aliphatic heterocycles. The molecule has 0 saturated carbocycles. The summed E-state index contributed by atoms with van der Waals surface area (Å²) in [5, 5.41) is 2.65. The molecule has 0 radical (unpaired) electrons. The summed E-state index contributed by atoms with van der Waals surface area (Å²) in [6.45, 7) is 2.95. The number of nitrogens with zero attached hydrogens (tertiary/aromatic N) is 2. The summed E-state index contributed by atoms with van der Waals surface area (Å²) in [4.78, 5) is 29.5. The average molecular weight is 341 g/mol. The number of fused-ring (bicyclic) bond motifs is 1. The number of nitrogens with one attached hydrogen (secondary N) is 1. The first kappa shape index (κ1) is 17.2. The number of carbonyl (C=O) groups is 2. The zero-order chi connectivity index (χ0) is 17.6. The van der Waals surface area contributed by atoms with Gasteiger partial charge in [-0.05, 0) is 12.0 Å². The first-order chi connectivity index (χ1) is 12.1. The van der Waals surface area contributed by atoms with Crippen LogP contribution in [0, 0.1) is 0 Å². The summed E-state index contributed by atoms with van der Waals surface area (Å²) in [6.07, 6.45) is 2.65. The van der Waals surface area contributed by atoms with Gasteiger partial charge in [-0.3, -0.25) is 9.59 Å². The summed E-state index contributed by atoms with van der Waals surface area (Å²) in [7, 11) is 0. The van der Waals surface area contributed by atoms with Gasteiger partial charge in [0.05, 0.1) is 6.54 Å². The molecule has 25 heavy (non-hydrogen) atoms. The van der Waals surface area contributed by atoms with Gasteiger partial charge in [0, 0.05) is 39.3 Å². The highest BCUT2D eigenvalue weighted by atomic mass is 16.4. The number of hydrogen-bond acceptors (Lipinski definition) is 4. The van der Waals surface area contributed by atoms with Gasteiger partial charge in [0.2, 0.25) is 11.8 Å². The Morgan fingerprint density at radius 3 is 2.80 bits per heavy atom. The Bertz CT molecular complexity index is 740. The molecule has 1 aromatic heterocycles. The lowest BCUT2D eigenvalue weighted by molar-refractivity contribution is -0.132. The summed E-state index contributed by atoms with van der Waals surface area (Å²) < 4.78 is 5.86. The smallest absolute Gasteiger partial charge is 0.224 e. The Labute approximate surface area is 147 Å². The van der Waals surface area contributed by atoms with Gasteiger partial charge < -0.3 is 14.6 Å². The minimum Gasteiger partial charge on any atom is -0.445 e. The molecule has 1 aromatic carbocycles. The van der Waals surface area contributed by atoms with E-state index in [0.717, 1.165) is 30.2 Å². The van der Waals surface area contributed by atoms with Crippen molar-refractivity contribution in [1.82, 2.24) is 15.2 Å². The normalized spacial score (nSPS) is 13.4. The van der Waals surface area contributed by atoms with E-state index < -0.39 is 0 Å². The molecule has 1 N–H and O–H groups in total. The summed E-state index contributed by atoms with van der Waals surface area (Å²) >= 11 is 0. The number of aromatic nitrogens is 1. The van der Waals surface area contributed by atoms with Crippen LogP contribution in [0.1, 0.15) is 36.3 Å². The molecule has 6 nitrogen and oxygen atoms in total. The molecule has 0 spiro atoms. The van der Waals surface area contributed by atoms with Gasteiger partial charge in [-0.2, -0.15) is 0 Å². The molecule has 0 bridgehead atoms. The zero-order valence-electron chi connectivity index (χ0n) is 14.5. The Balaban J connectivity index is 1.54. The van der Waals surface area contributed by atoms with E-state index in [4.69, 9.17) is 4.42 Å². The quantitative estimate of drug-likeness (QED) is 0.870. The van der Waals surface area contributed by atoms with E-state index in [1.165, 1.54) is 12.5 Å². The highest BCUT2D eigenvalue weighted by Gasteiger charge is 2.25. The van der Waals surface area contributed by atoms with Crippen molar-refractivity contribution in [3.8, 4) is 0 Å². The fourth-order valence-electron chi connectivity index (χ4n) is 2.97. The van der Waals surface area contributed by atoms with Crippen molar-refractivity contribution in [1.29, 1.82) is 0 Å². The zero-order valence-corrected chi connectivity index (χ0v) is 14.5. The standard InChI is InChI=1S/C19H23N3O3/c1-14(23)20-11-9-19(24)22-12-10-17-16(13-22)21-18(25-17)8-7-15-5-3-2-4-6-15/h2-6H,7-13H2,1H3,(H,20,23). The molecule has 0 fully saturated rings. The Morgan fingerprint density at radius 2 is 2.04 bits per heavy atom. The van der Waals surface area contributed by atoms with Crippen molar-refractivity contribution < 1.29 is 14.0 Å². The molecule has 132 valence electrons. The topological polar surface area (TPSA) is 75.4 Å². The van der Waals surface area contributed by atoms with E-state index in [0.29, 0.717) is 32.5 Å². The summed E-state index contributed by atoms with van der Waals surface area (Å²) in [6, 6.07) is 10.3. The molecule has 1 aliphatic rings. The number of carbonyl (C=O) groups excluding carboxylic acids is 2. The summed E-state index contributed by atoms with van der Waals surface area (Å²) in [5.41, 5.74) is 2.12. The van der Waals surface area contributed by atoms with Crippen LogP contribution in [0.25, 0.3) is 0 Å². The van der Waals surface area contributed by atoms with Crippen molar-refractivity contribution in [2.24, 2.45) is 0 Å². The van der Waals surface area contributed by atoms with Gasteiger partial charge in [0.25, 0.3) is 0 Å². The Hall–Kier alpha value is -2.63. The SMILES string of the molecule is CC(=O)NCCC(=O)N1CCc2oc(CCc3ccccc3)nc2C1. The minimum atomic E-state index is -0.117. The molecule has 0 aliphatic carbocycles. The number of hydrogen-bond donors (Lipinski definition) is 1. The molecule has 2 amide bonds. The lowest BCUT2D eigenvalue weighted by Gasteiger charge is -2.25. The predicted molar refractivity (Wildman–Crippen MR) is 92.8 cm³/mol.